The summed E-state index contributed by atoms with van der Waals surface area (Å²) >= 11 is 0. The van der Waals surface area contributed by atoms with Gasteiger partial charge in [-0.3, -0.25) is 9.48 Å². The van der Waals surface area contributed by atoms with Crippen LogP contribution in [0.4, 0.5) is 5.69 Å². The molecule has 0 saturated carbocycles. The highest BCUT2D eigenvalue weighted by Crippen LogP contribution is 2.31. The third kappa shape index (κ3) is 3.13. The Morgan fingerprint density at radius 1 is 1.44 bits per heavy atom. The van der Waals surface area contributed by atoms with Crippen molar-refractivity contribution in [1.29, 1.82) is 0 Å². The molecule has 7 nitrogen and oxygen atoms in total. The summed E-state index contributed by atoms with van der Waals surface area (Å²) in [7, 11) is 0. The number of aromatic amines is 1. The van der Waals surface area contributed by atoms with Gasteiger partial charge in [0.1, 0.15) is 5.69 Å². The van der Waals surface area contributed by atoms with Gasteiger partial charge in [0, 0.05) is 22.5 Å². The summed E-state index contributed by atoms with van der Waals surface area (Å²) in [5.41, 5.74) is 8.47. The van der Waals surface area contributed by atoms with E-state index in [1.165, 1.54) is 0 Å². The maximum Gasteiger partial charge on any atom is 0.248 e. The summed E-state index contributed by atoms with van der Waals surface area (Å²) in [6, 6.07) is 5.27. The molecule has 2 aromatic heterocycles. The van der Waals surface area contributed by atoms with Crippen molar-refractivity contribution in [2.75, 3.05) is 0 Å². The number of aromatic nitrogens is 3. The van der Waals surface area contributed by atoms with E-state index in [4.69, 9.17) is 5.73 Å². The minimum absolute atomic E-state index is 0.0217. The van der Waals surface area contributed by atoms with Gasteiger partial charge in [0.05, 0.1) is 23.7 Å². The second-order valence-electron chi connectivity index (χ2n) is 6.16. The molecule has 130 valence electrons. The highest BCUT2D eigenvalue weighted by molar-refractivity contribution is 6.14. The van der Waals surface area contributed by atoms with Gasteiger partial charge in [-0.25, -0.2) is 4.99 Å². The number of nitrogens with zero attached hydrogens (tertiary/aromatic N) is 3. The minimum atomic E-state index is -0.512. The van der Waals surface area contributed by atoms with Crippen molar-refractivity contribution in [2.24, 2.45) is 10.7 Å². The van der Waals surface area contributed by atoms with E-state index in [1.54, 1.807) is 24.4 Å². The van der Waals surface area contributed by atoms with Crippen molar-refractivity contribution in [2.45, 2.75) is 33.2 Å². The molecule has 0 unspecified atom stereocenters. The van der Waals surface area contributed by atoms with Crippen LogP contribution in [0, 0.1) is 0 Å². The molecule has 0 aliphatic carbocycles. The van der Waals surface area contributed by atoms with Gasteiger partial charge in [0.2, 0.25) is 5.91 Å². The second-order valence-corrected chi connectivity index (χ2v) is 6.16. The molecule has 0 aliphatic heterocycles. The molecule has 3 rings (SSSR count). The van der Waals surface area contributed by atoms with E-state index in [-0.39, 0.29) is 11.9 Å². The van der Waals surface area contributed by atoms with Crippen molar-refractivity contribution in [3.05, 3.63) is 41.7 Å². The summed E-state index contributed by atoms with van der Waals surface area (Å²) in [6.07, 6.45) is 4.16. The molecule has 1 amide bonds. The Bertz CT molecular complexity index is 965. The molecule has 0 aliphatic rings. The van der Waals surface area contributed by atoms with Crippen molar-refractivity contribution in [1.82, 2.24) is 14.8 Å². The number of carbonyl (C=O) groups is 1. The predicted molar refractivity (Wildman–Crippen MR) is 97.6 cm³/mol. The molecule has 0 spiro atoms. The maximum absolute atomic E-state index is 11.5. The van der Waals surface area contributed by atoms with Crippen LogP contribution in [-0.4, -0.2) is 31.5 Å². The van der Waals surface area contributed by atoms with Crippen LogP contribution in [0.2, 0.25) is 0 Å². The Hall–Kier alpha value is -3.09. The minimum Gasteiger partial charge on any atom is -0.494 e. The molecule has 0 atom stereocenters. The van der Waals surface area contributed by atoms with Crippen LogP contribution < -0.4 is 5.73 Å². The molecule has 4 N–H and O–H groups in total. The van der Waals surface area contributed by atoms with Crippen molar-refractivity contribution in [3.8, 4) is 5.88 Å². The monoisotopic (exact) mass is 339 g/mol. The highest BCUT2D eigenvalue weighted by atomic mass is 16.3. The average Bonchev–Trinajstić information content (AvgIpc) is 3.15. The molecule has 2 heterocycles. The normalized spacial score (nSPS) is 12.2. The van der Waals surface area contributed by atoms with Crippen molar-refractivity contribution in [3.63, 3.8) is 0 Å². The quantitative estimate of drug-likeness (QED) is 0.620. The highest BCUT2D eigenvalue weighted by Gasteiger charge is 2.17. The number of rotatable bonds is 5. The van der Waals surface area contributed by atoms with E-state index in [9.17, 15) is 9.90 Å². The zero-order valence-electron chi connectivity index (χ0n) is 14.4. The van der Waals surface area contributed by atoms with E-state index in [2.05, 4.69) is 15.1 Å². The number of amides is 1. The molecule has 0 saturated heterocycles. The van der Waals surface area contributed by atoms with Gasteiger partial charge in [0.25, 0.3) is 0 Å². The predicted octanol–water partition coefficient (Wildman–Crippen LogP) is 3.28. The van der Waals surface area contributed by atoms with Crippen LogP contribution in [0.3, 0.4) is 0 Å². The molecule has 0 radical (unpaired) electrons. The zero-order valence-corrected chi connectivity index (χ0v) is 14.4. The van der Waals surface area contributed by atoms with Gasteiger partial charge < -0.3 is 15.8 Å². The number of nitrogens with two attached hydrogens (primary N) is 1. The molecule has 0 bridgehead atoms. The summed E-state index contributed by atoms with van der Waals surface area (Å²) in [6.45, 7) is 6.04. The fourth-order valence-corrected chi connectivity index (χ4v) is 2.76. The molecule has 0 fully saturated rings. The Morgan fingerprint density at radius 2 is 2.20 bits per heavy atom. The lowest BCUT2D eigenvalue weighted by Gasteiger charge is -2.04. The third-order valence-corrected chi connectivity index (χ3v) is 4.07. The Balaban J connectivity index is 2.13. The number of fused-ring (bicyclic) bond motifs is 1. The topological polar surface area (TPSA) is 109 Å². The summed E-state index contributed by atoms with van der Waals surface area (Å²) in [4.78, 5) is 19.0. The maximum atomic E-state index is 11.5. The molecular weight excluding hydrogens is 318 g/mol. The lowest BCUT2D eigenvalue weighted by molar-refractivity contribution is 0.100. The Kier molecular flexibility index (Phi) is 4.31. The number of benzene rings is 1. The van der Waals surface area contributed by atoms with Gasteiger partial charge in [-0.1, -0.05) is 6.92 Å². The van der Waals surface area contributed by atoms with E-state index < -0.39 is 5.91 Å². The molecular formula is C18H21N5O2. The lowest BCUT2D eigenvalue weighted by Crippen LogP contribution is -2.10. The first-order chi connectivity index (χ1) is 11.9. The summed E-state index contributed by atoms with van der Waals surface area (Å²) in [5.74, 6) is -0.491. The number of aromatic hydroxyl groups is 1. The van der Waals surface area contributed by atoms with Crippen molar-refractivity contribution >= 4 is 28.2 Å². The number of hydrogen-bond donors (Lipinski definition) is 3. The standard InChI is InChI=1S/C18H21N5O2/c1-4-14(21-12-8-20-23(9-12)10(2)3)16-13-7-11(17(19)24)5-6-15(13)22-18(16)25/h5-10,22,25H,4H2,1-3H3,(H2,19,24). The van der Waals surface area contributed by atoms with Crippen molar-refractivity contribution < 1.29 is 9.90 Å². The lowest BCUT2D eigenvalue weighted by atomic mass is 10.0. The van der Waals surface area contributed by atoms with Gasteiger partial charge >= 0.3 is 0 Å². The Labute approximate surface area is 145 Å². The first kappa shape index (κ1) is 16.8. The zero-order chi connectivity index (χ0) is 18.1. The van der Waals surface area contributed by atoms with Crippen LogP contribution in [-0.2, 0) is 0 Å². The fourth-order valence-electron chi connectivity index (χ4n) is 2.76. The fraction of sp³-hybridized carbons (Fsp3) is 0.278. The number of primary amides is 1. The number of aliphatic imine (C=N–C) groups is 1. The SMILES string of the molecule is CCC(=Nc1cnn(C(C)C)c1)c1c(O)[nH]c2ccc(C(N)=O)cc12. The number of carbonyl (C=O) groups excluding carboxylic acids is 1. The van der Waals surface area contributed by atoms with Crippen LogP contribution in [0.15, 0.2) is 35.6 Å². The average molecular weight is 339 g/mol. The second kappa shape index (κ2) is 6.43. The largest absolute Gasteiger partial charge is 0.494 e. The van der Waals surface area contributed by atoms with Crippen LogP contribution in [0.1, 0.15) is 49.2 Å². The van der Waals surface area contributed by atoms with E-state index in [0.29, 0.717) is 34.3 Å². The third-order valence-electron chi connectivity index (χ3n) is 4.07. The number of nitrogens with one attached hydrogen (secondary N) is 1. The first-order valence-electron chi connectivity index (χ1n) is 8.17. The number of H-pyrrole nitrogens is 1. The van der Waals surface area contributed by atoms with Gasteiger partial charge in [-0.05, 0) is 38.5 Å². The first-order valence-corrected chi connectivity index (χ1v) is 8.17. The van der Waals surface area contributed by atoms with Gasteiger partial charge in [-0.15, -0.1) is 0 Å². The summed E-state index contributed by atoms with van der Waals surface area (Å²) in [5, 5.41) is 15.4. The molecule has 25 heavy (non-hydrogen) atoms. The van der Waals surface area contributed by atoms with E-state index >= 15 is 0 Å². The van der Waals surface area contributed by atoms with Crippen LogP contribution in [0.25, 0.3) is 10.9 Å². The van der Waals surface area contributed by atoms with Crippen LogP contribution in [0.5, 0.6) is 5.88 Å². The molecule has 7 heteroatoms. The summed E-state index contributed by atoms with van der Waals surface area (Å²) < 4.78 is 1.83. The smallest absolute Gasteiger partial charge is 0.248 e. The van der Waals surface area contributed by atoms with E-state index in [1.807, 2.05) is 31.6 Å². The van der Waals surface area contributed by atoms with Gasteiger partial charge in [-0.2, -0.15) is 5.10 Å². The van der Waals surface area contributed by atoms with E-state index in [0.717, 1.165) is 5.52 Å². The van der Waals surface area contributed by atoms with Crippen LogP contribution >= 0.6 is 0 Å². The molecule has 1 aromatic carbocycles. The number of hydrogen-bond acceptors (Lipinski definition) is 4. The molecule has 3 aromatic rings. The van der Waals surface area contributed by atoms with Gasteiger partial charge in [0.15, 0.2) is 5.88 Å². The Morgan fingerprint density at radius 3 is 2.80 bits per heavy atom.